The summed E-state index contributed by atoms with van der Waals surface area (Å²) in [6, 6.07) is 14.8. The summed E-state index contributed by atoms with van der Waals surface area (Å²) in [5.74, 6) is -0.351. The summed E-state index contributed by atoms with van der Waals surface area (Å²) in [5.41, 5.74) is 1.47. The first-order valence-electron chi connectivity index (χ1n) is 6.14. The zero-order valence-electron chi connectivity index (χ0n) is 10.9. The van der Waals surface area contributed by atoms with Gasteiger partial charge in [-0.05, 0) is 42.9 Å². The van der Waals surface area contributed by atoms with Crippen molar-refractivity contribution in [2.45, 2.75) is 13.0 Å². The molecule has 0 unspecified atom stereocenters. The van der Waals surface area contributed by atoms with Crippen molar-refractivity contribution >= 4 is 38.9 Å². The van der Waals surface area contributed by atoms with Gasteiger partial charge in [0.25, 0.3) is 0 Å². The normalized spacial score (nSPS) is 11.8. The number of rotatable bonds is 3. The topological polar surface area (TPSA) is 24.1 Å². The molecule has 0 aromatic heterocycles. The van der Waals surface area contributed by atoms with E-state index in [0.717, 1.165) is 5.56 Å². The molecule has 0 saturated heterocycles. The second-order valence-corrected chi connectivity index (χ2v) is 5.68. The number of benzene rings is 2. The summed E-state index contributed by atoms with van der Waals surface area (Å²) in [6.07, 6.45) is 0. The van der Waals surface area contributed by atoms with Gasteiger partial charge in [-0.1, -0.05) is 46.3 Å². The predicted octanol–water partition coefficient (Wildman–Crippen LogP) is 4.64. The fraction of sp³-hybridized carbons (Fsp3) is 0.133. The lowest BCUT2D eigenvalue weighted by Gasteiger charge is -2.17. The molecule has 0 spiro atoms. The fourth-order valence-corrected chi connectivity index (χ4v) is 2.39. The van der Waals surface area contributed by atoms with Gasteiger partial charge in [-0.25, -0.2) is 4.39 Å². The van der Waals surface area contributed by atoms with Crippen molar-refractivity contribution in [3.05, 3.63) is 64.4 Å². The van der Waals surface area contributed by atoms with Crippen LogP contribution < -0.4 is 10.6 Å². The van der Waals surface area contributed by atoms with E-state index >= 15 is 0 Å². The molecule has 5 heteroatoms. The van der Waals surface area contributed by atoms with Crippen molar-refractivity contribution < 1.29 is 4.39 Å². The molecule has 20 heavy (non-hydrogen) atoms. The Morgan fingerprint density at radius 1 is 1.20 bits per heavy atom. The van der Waals surface area contributed by atoms with Crippen LogP contribution in [0, 0.1) is 5.82 Å². The van der Waals surface area contributed by atoms with Gasteiger partial charge >= 0.3 is 0 Å². The van der Waals surface area contributed by atoms with Gasteiger partial charge in [-0.2, -0.15) is 0 Å². The zero-order chi connectivity index (χ0) is 14.5. The van der Waals surface area contributed by atoms with Gasteiger partial charge in [-0.15, -0.1) is 0 Å². The van der Waals surface area contributed by atoms with Crippen LogP contribution in [0.15, 0.2) is 53.0 Å². The first-order chi connectivity index (χ1) is 9.56. The molecule has 0 amide bonds. The maximum absolute atomic E-state index is 13.7. The predicted molar refractivity (Wildman–Crippen MR) is 88.3 cm³/mol. The van der Waals surface area contributed by atoms with Gasteiger partial charge in [0.1, 0.15) is 5.82 Å². The maximum Gasteiger partial charge on any atom is 0.171 e. The number of halogens is 2. The van der Waals surface area contributed by atoms with Crippen LogP contribution in [0.5, 0.6) is 0 Å². The van der Waals surface area contributed by atoms with Crippen molar-refractivity contribution in [1.82, 2.24) is 5.32 Å². The Balaban J connectivity index is 1.99. The molecule has 0 fully saturated rings. The van der Waals surface area contributed by atoms with Gasteiger partial charge in [0.05, 0.1) is 11.7 Å². The van der Waals surface area contributed by atoms with E-state index < -0.39 is 0 Å². The molecule has 0 aliphatic carbocycles. The van der Waals surface area contributed by atoms with Gasteiger partial charge in [0, 0.05) is 4.47 Å². The monoisotopic (exact) mass is 352 g/mol. The molecule has 0 aliphatic heterocycles. The Hall–Kier alpha value is -1.46. The number of nitrogens with one attached hydrogen (secondary N) is 2. The summed E-state index contributed by atoms with van der Waals surface area (Å²) in [7, 11) is 0. The minimum atomic E-state index is -0.351. The summed E-state index contributed by atoms with van der Waals surface area (Å²) >= 11 is 8.42. The Bertz CT molecular complexity index is 604. The second kappa shape index (κ2) is 6.81. The second-order valence-electron chi connectivity index (χ2n) is 4.36. The minimum Gasteiger partial charge on any atom is -0.356 e. The van der Waals surface area contributed by atoms with E-state index in [4.69, 9.17) is 12.2 Å². The average Bonchev–Trinajstić information content (AvgIpc) is 2.43. The van der Waals surface area contributed by atoms with Crippen LogP contribution in [-0.4, -0.2) is 5.11 Å². The van der Waals surface area contributed by atoms with Crippen LogP contribution in [0.2, 0.25) is 0 Å². The van der Waals surface area contributed by atoms with Crippen molar-refractivity contribution in [3.63, 3.8) is 0 Å². The summed E-state index contributed by atoms with van der Waals surface area (Å²) < 4.78 is 14.4. The molecule has 2 N–H and O–H groups in total. The Kier molecular flexibility index (Phi) is 5.09. The summed E-state index contributed by atoms with van der Waals surface area (Å²) in [4.78, 5) is 0. The highest BCUT2D eigenvalue weighted by Crippen LogP contribution is 2.19. The summed E-state index contributed by atoms with van der Waals surface area (Å²) in [5, 5.41) is 6.38. The lowest BCUT2D eigenvalue weighted by molar-refractivity contribution is 0.631. The molecule has 2 aromatic rings. The fourth-order valence-electron chi connectivity index (χ4n) is 1.77. The van der Waals surface area contributed by atoms with E-state index in [-0.39, 0.29) is 11.9 Å². The number of thiocarbonyl (C=S) groups is 1. The number of hydrogen-bond acceptors (Lipinski definition) is 1. The van der Waals surface area contributed by atoms with Crippen LogP contribution in [-0.2, 0) is 0 Å². The SMILES string of the molecule is C[C@@H](NC(=S)Nc1ccc(Br)cc1F)c1ccccc1. The zero-order valence-corrected chi connectivity index (χ0v) is 13.3. The number of anilines is 1. The van der Waals surface area contributed by atoms with Crippen molar-refractivity contribution in [2.24, 2.45) is 0 Å². The number of hydrogen-bond donors (Lipinski definition) is 2. The van der Waals surface area contributed by atoms with E-state index in [1.807, 2.05) is 37.3 Å². The van der Waals surface area contributed by atoms with Crippen molar-refractivity contribution in [2.75, 3.05) is 5.32 Å². The lowest BCUT2D eigenvalue weighted by atomic mass is 10.1. The third kappa shape index (κ3) is 4.02. The van der Waals surface area contributed by atoms with Crippen LogP contribution in [0.3, 0.4) is 0 Å². The highest BCUT2D eigenvalue weighted by atomic mass is 79.9. The smallest absolute Gasteiger partial charge is 0.171 e. The molecule has 104 valence electrons. The van der Waals surface area contributed by atoms with Gasteiger partial charge in [-0.3, -0.25) is 0 Å². The van der Waals surface area contributed by atoms with E-state index in [1.54, 1.807) is 12.1 Å². The van der Waals surface area contributed by atoms with Gasteiger partial charge in [0.2, 0.25) is 0 Å². The minimum absolute atomic E-state index is 0.0507. The van der Waals surface area contributed by atoms with E-state index in [1.165, 1.54) is 6.07 Å². The van der Waals surface area contributed by atoms with Gasteiger partial charge < -0.3 is 10.6 Å². The molecule has 2 rings (SSSR count). The Morgan fingerprint density at radius 2 is 1.90 bits per heavy atom. The van der Waals surface area contributed by atoms with Crippen LogP contribution in [0.1, 0.15) is 18.5 Å². The standard InChI is InChI=1S/C15H14BrFN2S/c1-10(11-5-3-2-4-6-11)18-15(20)19-14-8-7-12(16)9-13(14)17/h2-10H,1H3,(H2,18,19,20)/t10-/m1/s1. The first-order valence-corrected chi connectivity index (χ1v) is 7.34. The first kappa shape index (κ1) is 14.9. The highest BCUT2D eigenvalue weighted by molar-refractivity contribution is 9.10. The average molecular weight is 353 g/mol. The quantitative estimate of drug-likeness (QED) is 0.787. The van der Waals surface area contributed by atoms with E-state index in [2.05, 4.69) is 26.6 Å². The van der Waals surface area contributed by atoms with Crippen LogP contribution in [0.25, 0.3) is 0 Å². The van der Waals surface area contributed by atoms with E-state index in [9.17, 15) is 4.39 Å². The third-order valence-electron chi connectivity index (χ3n) is 2.83. The molecular formula is C15H14BrFN2S. The molecule has 1 atom stereocenters. The summed E-state index contributed by atoms with van der Waals surface area (Å²) in [6.45, 7) is 2.00. The van der Waals surface area contributed by atoms with Crippen LogP contribution >= 0.6 is 28.1 Å². The molecule has 2 nitrogen and oxygen atoms in total. The van der Waals surface area contributed by atoms with Crippen molar-refractivity contribution in [1.29, 1.82) is 0 Å². The largest absolute Gasteiger partial charge is 0.356 e. The molecule has 0 heterocycles. The maximum atomic E-state index is 13.7. The van der Waals surface area contributed by atoms with E-state index in [0.29, 0.717) is 15.3 Å². The molecule has 2 aromatic carbocycles. The Labute approximate surface area is 131 Å². The molecule has 0 bridgehead atoms. The molecular weight excluding hydrogens is 339 g/mol. The molecule has 0 radical (unpaired) electrons. The highest BCUT2D eigenvalue weighted by Gasteiger charge is 2.08. The Morgan fingerprint density at radius 3 is 2.55 bits per heavy atom. The van der Waals surface area contributed by atoms with Crippen molar-refractivity contribution in [3.8, 4) is 0 Å². The lowest BCUT2D eigenvalue weighted by Crippen LogP contribution is -2.31. The van der Waals surface area contributed by atoms with Crippen LogP contribution in [0.4, 0.5) is 10.1 Å². The molecule has 0 aliphatic rings. The van der Waals surface area contributed by atoms with Gasteiger partial charge in [0.15, 0.2) is 5.11 Å². The third-order valence-corrected chi connectivity index (χ3v) is 3.54. The molecule has 0 saturated carbocycles.